The number of hydrogen-bond donors (Lipinski definition) is 2. The summed E-state index contributed by atoms with van der Waals surface area (Å²) < 4.78 is 10.8. The van der Waals surface area contributed by atoms with Crippen molar-refractivity contribution in [3.63, 3.8) is 0 Å². The number of amides is 1. The second-order valence-electron chi connectivity index (χ2n) is 7.89. The van der Waals surface area contributed by atoms with Gasteiger partial charge in [0.1, 0.15) is 23.4 Å². The van der Waals surface area contributed by atoms with Gasteiger partial charge in [0.05, 0.1) is 11.6 Å². The van der Waals surface area contributed by atoms with Gasteiger partial charge in [-0.05, 0) is 54.8 Å². The number of aromatic hydroxyl groups is 1. The number of Topliss-reactive ketones (excluding diaryl/α,β-unsaturated/α-hetero) is 1. The van der Waals surface area contributed by atoms with Crippen LogP contribution in [0.3, 0.4) is 0 Å². The van der Waals surface area contributed by atoms with Crippen LogP contribution in [0.15, 0.2) is 48.0 Å². The zero-order valence-corrected chi connectivity index (χ0v) is 17.5. The Kier molecular flexibility index (Phi) is 5.69. The molecule has 7 heteroatoms. The molecule has 0 aromatic heterocycles. The molecule has 7 nitrogen and oxygen atoms in total. The van der Waals surface area contributed by atoms with Gasteiger partial charge >= 0.3 is 0 Å². The van der Waals surface area contributed by atoms with E-state index >= 15 is 0 Å². The summed E-state index contributed by atoms with van der Waals surface area (Å²) in [6.07, 6.45) is 1.29. The smallest absolute Gasteiger partial charge is 0.295 e. The Morgan fingerprint density at radius 2 is 2.03 bits per heavy atom. The van der Waals surface area contributed by atoms with Crippen molar-refractivity contribution in [3.8, 4) is 11.5 Å². The quantitative estimate of drug-likeness (QED) is 0.321. The highest BCUT2D eigenvalue weighted by Gasteiger charge is 2.46. The number of ketones is 1. The summed E-state index contributed by atoms with van der Waals surface area (Å²) >= 11 is 0. The largest absolute Gasteiger partial charge is 0.508 e. The number of hydrogen-bond acceptors (Lipinski definition) is 6. The third-order valence-corrected chi connectivity index (χ3v) is 5.64. The van der Waals surface area contributed by atoms with Crippen LogP contribution >= 0.6 is 0 Å². The number of ether oxygens (including phenoxy) is 2. The van der Waals surface area contributed by atoms with Gasteiger partial charge in [-0.1, -0.05) is 12.1 Å². The lowest BCUT2D eigenvalue weighted by atomic mass is 9.94. The number of nitrogens with zero attached hydrogens (tertiary/aromatic N) is 1. The Hall–Kier alpha value is -3.32. The highest BCUT2D eigenvalue weighted by molar-refractivity contribution is 6.46. The van der Waals surface area contributed by atoms with Gasteiger partial charge in [-0.25, -0.2) is 0 Å². The van der Waals surface area contributed by atoms with Crippen LogP contribution in [-0.4, -0.2) is 53.2 Å². The van der Waals surface area contributed by atoms with Gasteiger partial charge in [0.15, 0.2) is 0 Å². The van der Waals surface area contributed by atoms with Crippen LogP contribution in [0.2, 0.25) is 0 Å². The lowest BCUT2D eigenvalue weighted by molar-refractivity contribution is -0.140. The van der Waals surface area contributed by atoms with Crippen molar-refractivity contribution in [2.45, 2.75) is 31.9 Å². The molecule has 2 aliphatic heterocycles. The van der Waals surface area contributed by atoms with Crippen LogP contribution in [-0.2, 0) is 20.7 Å². The maximum absolute atomic E-state index is 13.0. The first-order chi connectivity index (χ1) is 14.9. The van der Waals surface area contributed by atoms with Gasteiger partial charge in [0, 0.05) is 32.2 Å². The Bertz CT molecular complexity index is 1060. The fraction of sp³-hybridized carbons (Fsp3) is 0.333. The molecule has 1 amide bonds. The van der Waals surface area contributed by atoms with Crippen LogP contribution in [0.4, 0.5) is 0 Å². The van der Waals surface area contributed by atoms with Crippen molar-refractivity contribution < 1.29 is 29.3 Å². The second kappa shape index (κ2) is 8.43. The van der Waals surface area contributed by atoms with Crippen LogP contribution in [0.25, 0.3) is 5.76 Å². The minimum atomic E-state index is -0.799. The standard InChI is InChI=1S/C24H25NO6/c1-14-11-17-12-16(7-8-19(17)31-14)22(27)20-21(15-5-3-6-18(26)13-15)25(9-4-10-30-2)24(29)23(20)28/h3,5-8,12-14,21,26-27H,4,9-11H2,1-2H3/t14-,21-/m0/s1. The molecule has 1 saturated heterocycles. The highest BCUT2D eigenvalue weighted by Crippen LogP contribution is 2.41. The lowest BCUT2D eigenvalue weighted by Gasteiger charge is -2.25. The molecule has 2 aromatic carbocycles. The molecule has 2 N–H and O–H groups in total. The molecule has 162 valence electrons. The molecule has 0 spiro atoms. The molecule has 0 bridgehead atoms. The number of phenolic OH excluding ortho intramolecular Hbond substituents is 1. The summed E-state index contributed by atoms with van der Waals surface area (Å²) in [6.45, 7) is 2.68. The number of carbonyl (C=O) groups is 2. The molecule has 0 unspecified atom stereocenters. The van der Waals surface area contributed by atoms with Gasteiger partial charge in [-0.3, -0.25) is 9.59 Å². The molecular weight excluding hydrogens is 398 g/mol. The fourth-order valence-corrected chi connectivity index (χ4v) is 4.26. The monoisotopic (exact) mass is 423 g/mol. The van der Waals surface area contributed by atoms with Crippen molar-refractivity contribution in [2.24, 2.45) is 0 Å². The first kappa shape index (κ1) is 20.9. The van der Waals surface area contributed by atoms with Gasteiger partial charge in [-0.15, -0.1) is 0 Å². The van der Waals surface area contributed by atoms with E-state index in [1.165, 1.54) is 17.0 Å². The summed E-state index contributed by atoms with van der Waals surface area (Å²) in [5, 5.41) is 21.1. The van der Waals surface area contributed by atoms with Crippen LogP contribution < -0.4 is 4.74 Å². The number of aliphatic hydroxyl groups is 1. The third kappa shape index (κ3) is 3.88. The van der Waals surface area contributed by atoms with Crippen molar-refractivity contribution in [2.75, 3.05) is 20.3 Å². The number of likely N-dealkylation sites (tertiary alicyclic amines) is 1. The molecule has 31 heavy (non-hydrogen) atoms. The molecule has 1 fully saturated rings. The molecular formula is C24H25NO6. The predicted octanol–water partition coefficient (Wildman–Crippen LogP) is 3.17. The molecule has 4 rings (SSSR count). The van der Waals surface area contributed by atoms with E-state index < -0.39 is 17.7 Å². The van der Waals surface area contributed by atoms with Crippen molar-refractivity contribution in [3.05, 3.63) is 64.7 Å². The van der Waals surface area contributed by atoms with E-state index in [-0.39, 0.29) is 29.7 Å². The predicted molar refractivity (Wildman–Crippen MR) is 114 cm³/mol. The molecule has 2 atom stereocenters. The van der Waals surface area contributed by atoms with E-state index in [0.717, 1.165) is 11.3 Å². The number of carbonyl (C=O) groups excluding carboxylic acids is 2. The van der Waals surface area contributed by atoms with Gasteiger partial charge < -0.3 is 24.6 Å². The number of benzene rings is 2. The molecule has 2 heterocycles. The number of methoxy groups -OCH3 is 1. The van der Waals surface area contributed by atoms with Crippen molar-refractivity contribution in [1.29, 1.82) is 0 Å². The van der Waals surface area contributed by atoms with E-state index in [9.17, 15) is 19.8 Å². The lowest BCUT2D eigenvalue weighted by Crippen LogP contribution is -2.31. The van der Waals surface area contributed by atoms with E-state index in [4.69, 9.17) is 9.47 Å². The first-order valence-corrected chi connectivity index (χ1v) is 10.3. The third-order valence-electron chi connectivity index (χ3n) is 5.64. The topological polar surface area (TPSA) is 96.3 Å². The fourth-order valence-electron chi connectivity index (χ4n) is 4.26. The Morgan fingerprint density at radius 3 is 2.77 bits per heavy atom. The number of aliphatic hydroxyl groups excluding tert-OH is 1. The van der Waals surface area contributed by atoms with Crippen LogP contribution in [0, 0.1) is 0 Å². The summed E-state index contributed by atoms with van der Waals surface area (Å²) in [5.41, 5.74) is 1.97. The Morgan fingerprint density at radius 1 is 1.23 bits per heavy atom. The zero-order chi connectivity index (χ0) is 22.1. The van der Waals surface area contributed by atoms with E-state index in [0.29, 0.717) is 30.6 Å². The Balaban J connectivity index is 1.80. The SMILES string of the molecule is COCCCN1C(=O)C(=O)C(=C(O)c2ccc3c(c2)C[C@H](C)O3)[C@@H]1c1cccc(O)c1. The number of phenols is 1. The van der Waals surface area contributed by atoms with Crippen LogP contribution in [0.5, 0.6) is 11.5 Å². The normalized spacial score (nSPS) is 21.9. The van der Waals surface area contributed by atoms with Crippen LogP contribution in [0.1, 0.15) is 36.1 Å². The van der Waals surface area contributed by atoms with E-state index in [1.807, 2.05) is 6.92 Å². The van der Waals surface area contributed by atoms with Crippen molar-refractivity contribution in [1.82, 2.24) is 4.90 Å². The van der Waals surface area contributed by atoms with Crippen molar-refractivity contribution >= 4 is 17.4 Å². The minimum absolute atomic E-state index is 0.0138. The number of rotatable bonds is 6. The van der Waals surface area contributed by atoms with E-state index in [1.54, 1.807) is 37.4 Å². The van der Waals surface area contributed by atoms with Gasteiger partial charge in [0.2, 0.25) is 0 Å². The van der Waals surface area contributed by atoms with Gasteiger partial charge in [0.25, 0.3) is 11.7 Å². The Labute approximate surface area is 180 Å². The minimum Gasteiger partial charge on any atom is -0.508 e. The maximum Gasteiger partial charge on any atom is 0.295 e. The molecule has 2 aromatic rings. The second-order valence-corrected chi connectivity index (χ2v) is 7.89. The summed E-state index contributed by atoms with van der Waals surface area (Å²) in [6, 6.07) is 10.8. The summed E-state index contributed by atoms with van der Waals surface area (Å²) in [7, 11) is 1.57. The maximum atomic E-state index is 13.0. The molecule has 0 radical (unpaired) electrons. The van der Waals surface area contributed by atoms with E-state index in [2.05, 4.69) is 0 Å². The average Bonchev–Trinajstić information content (AvgIpc) is 3.24. The number of fused-ring (bicyclic) bond motifs is 1. The summed E-state index contributed by atoms with van der Waals surface area (Å²) in [5.74, 6) is -0.877. The zero-order valence-electron chi connectivity index (χ0n) is 17.5. The molecule has 0 saturated carbocycles. The first-order valence-electron chi connectivity index (χ1n) is 10.3. The average molecular weight is 423 g/mol. The highest BCUT2D eigenvalue weighted by atomic mass is 16.5. The van der Waals surface area contributed by atoms with Gasteiger partial charge in [-0.2, -0.15) is 0 Å². The summed E-state index contributed by atoms with van der Waals surface area (Å²) in [4.78, 5) is 27.3. The molecule has 0 aliphatic carbocycles. The molecule has 2 aliphatic rings.